The second-order valence-corrected chi connectivity index (χ2v) is 4.82. The zero-order valence-corrected chi connectivity index (χ0v) is 10.9. The van der Waals surface area contributed by atoms with Crippen molar-refractivity contribution < 1.29 is 9.53 Å². The molecule has 1 aromatic carbocycles. The first-order valence-corrected chi connectivity index (χ1v) is 6.40. The van der Waals surface area contributed by atoms with Gasteiger partial charge in [-0.2, -0.15) is 0 Å². The van der Waals surface area contributed by atoms with E-state index >= 15 is 0 Å². The van der Waals surface area contributed by atoms with Crippen LogP contribution in [0.3, 0.4) is 0 Å². The highest BCUT2D eigenvalue weighted by Crippen LogP contribution is 2.35. The van der Waals surface area contributed by atoms with Gasteiger partial charge < -0.3 is 15.8 Å². The molecule has 1 fully saturated rings. The molecule has 0 radical (unpaired) electrons. The Morgan fingerprint density at radius 2 is 2.33 bits per heavy atom. The van der Waals surface area contributed by atoms with Gasteiger partial charge in [-0.15, -0.1) is 0 Å². The summed E-state index contributed by atoms with van der Waals surface area (Å²) < 4.78 is 5.18. The highest BCUT2D eigenvalue weighted by atomic mass is 16.5. The molecule has 0 saturated heterocycles. The Labute approximate surface area is 108 Å². The molecule has 0 aliphatic heterocycles. The molecule has 4 nitrogen and oxygen atoms in total. The fourth-order valence-electron chi connectivity index (χ4n) is 2.26. The summed E-state index contributed by atoms with van der Waals surface area (Å²) >= 11 is 0. The predicted octanol–water partition coefficient (Wildman–Crippen LogP) is 2.20. The second kappa shape index (κ2) is 5.29. The van der Waals surface area contributed by atoms with Crippen LogP contribution in [0.1, 0.15) is 36.5 Å². The third-order valence-corrected chi connectivity index (χ3v) is 3.37. The summed E-state index contributed by atoms with van der Waals surface area (Å²) in [7, 11) is 1.55. The van der Waals surface area contributed by atoms with Crippen molar-refractivity contribution in [3.05, 3.63) is 23.8 Å². The van der Waals surface area contributed by atoms with E-state index in [-0.39, 0.29) is 5.91 Å². The van der Waals surface area contributed by atoms with Crippen molar-refractivity contribution in [2.45, 2.75) is 32.2 Å². The molecule has 1 amide bonds. The zero-order valence-electron chi connectivity index (χ0n) is 10.9. The van der Waals surface area contributed by atoms with Crippen molar-refractivity contribution in [2.24, 2.45) is 5.92 Å². The molecule has 0 bridgehead atoms. The van der Waals surface area contributed by atoms with E-state index in [4.69, 9.17) is 10.5 Å². The van der Waals surface area contributed by atoms with Crippen molar-refractivity contribution in [3.63, 3.8) is 0 Å². The lowest BCUT2D eigenvalue weighted by Crippen LogP contribution is -2.27. The maximum atomic E-state index is 12.1. The monoisotopic (exact) mass is 248 g/mol. The van der Waals surface area contributed by atoms with Crippen LogP contribution in [0.2, 0.25) is 0 Å². The Hall–Kier alpha value is -1.71. The molecule has 98 valence electrons. The van der Waals surface area contributed by atoms with Crippen LogP contribution in [0.5, 0.6) is 5.75 Å². The Morgan fingerprint density at radius 3 is 3.00 bits per heavy atom. The van der Waals surface area contributed by atoms with E-state index in [2.05, 4.69) is 12.2 Å². The van der Waals surface area contributed by atoms with Gasteiger partial charge in [0.25, 0.3) is 5.91 Å². The molecule has 0 aromatic heterocycles. The summed E-state index contributed by atoms with van der Waals surface area (Å²) in [5.41, 5.74) is 6.79. The lowest BCUT2D eigenvalue weighted by molar-refractivity contribution is 0.0946. The molecule has 1 aromatic rings. The molecule has 1 aliphatic rings. The predicted molar refractivity (Wildman–Crippen MR) is 71.7 cm³/mol. The fourth-order valence-corrected chi connectivity index (χ4v) is 2.26. The Bertz CT molecular complexity index is 445. The summed E-state index contributed by atoms with van der Waals surface area (Å²) in [6.45, 7) is 2.16. The van der Waals surface area contributed by atoms with Crippen LogP contribution in [-0.4, -0.2) is 19.1 Å². The van der Waals surface area contributed by atoms with Crippen LogP contribution >= 0.6 is 0 Å². The van der Waals surface area contributed by atoms with Crippen molar-refractivity contribution >= 4 is 11.6 Å². The SMILES string of the molecule is CCCC1CC1NC(=O)c1cc(N)ccc1OC. The fraction of sp³-hybridized carbons (Fsp3) is 0.500. The molecule has 4 heteroatoms. The van der Waals surface area contributed by atoms with E-state index in [1.54, 1.807) is 25.3 Å². The molecule has 3 N–H and O–H groups in total. The molecule has 2 rings (SSSR count). The Kier molecular flexibility index (Phi) is 3.75. The van der Waals surface area contributed by atoms with Gasteiger partial charge in [0.2, 0.25) is 0 Å². The van der Waals surface area contributed by atoms with Crippen molar-refractivity contribution in [3.8, 4) is 5.75 Å². The first-order chi connectivity index (χ1) is 8.65. The van der Waals surface area contributed by atoms with E-state index in [1.807, 2.05) is 0 Å². The van der Waals surface area contributed by atoms with Crippen LogP contribution in [0.15, 0.2) is 18.2 Å². The van der Waals surface area contributed by atoms with Crippen LogP contribution in [0.25, 0.3) is 0 Å². The number of ether oxygens (including phenoxy) is 1. The smallest absolute Gasteiger partial charge is 0.255 e. The van der Waals surface area contributed by atoms with E-state index in [9.17, 15) is 4.79 Å². The van der Waals surface area contributed by atoms with Gasteiger partial charge in [-0.25, -0.2) is 0 Å². The number of rotatable bonds is 5. The summed E-state index contributed by atoms with van der Waals surface area (Å²) in [5.74, 6) is 1.11. The van der Waals surface area contributed by atoms with Gasteiger partial charge in [-0.05, 0) is 37.0 Å². The summed E-state index contributed by atoms with van der Waals surface area (Å²) in [5, 5.41) is 3.03. The topological polar surface area (TPSA) is 64.4 Å². The number of methoxy groups -OCH3 is 1. The number of hydrogen-bond donors (Lipinski definition) is 2. The Morgan fingerprint density at radius 1 is 1.56 bits per heavy atom. The molecule has 1 saturated carbocycles. The number of nitrogen functional groups attached to an aromatic ring is 1. The maximum Gasteiger partial charge on any atom is 0.255 e. The number of nitrogens with two attached hydrogens (primary N) is 1. The molecule has 2 atom stereocenters. The molecule has 18 heavy (non-hydrogen) atoms. The number of nitrogens with one attached hydrogen (secondary N) is 1. The zero-order chi connectivity index (χ0) is 13.1. The molecular formula is C14H20N2O2. The lowest BCUT2D eigenvalue weighted by atomic mass is 10.1. The normalized spacial score (nSPS) is 21.4. The number of amides is 1. The van der Waals surface area contributed by atoms with Gasteiger partial charge in [0.1, 0.15) is 5.75 Å². The molecule has 1 aliphatic carbocycles. The number of carbonyl (C=O) groups is 1. The third kappa shape index (κ3) is 2.75. The van der Waals surface area contributed by atoms with Crippen LogP contribution < -0.4 is 15.8 Å². The molecule has 0 heterocycles. The van der Waals surface area contributed by atoms with Gasteiger partial charge in [0.15, 0.2) is 0 Å². The average molecular weight is 248 g/mol. The van der Waals surface area contributed by atoms with E-state index in [0.29, 0.717) is 29.0 Å². The lowest BCUT2D eigenvalue weighted by Gasteiger charge is -2.10. The van der Waals surface area contributed by atoms with E-state index < -0.39 is 0 Å². The van der Waals surface area contributed by atoms with Gasteiger partial charge in [-0.3, -0.25) is 4.79 Å². The van der Waals surface area contributed by atoms with Gasteiger partial charge in [-0.1, -0.05) is 13.3 Å². The quantitative estimate of drug-likeness (QED) is 0.785. The van der Waals surface area contributed by atoms with E-state index in [1.165, 1.54) is 12.8 Å². The third-order valence-electron chi connectivity index (χ3n) is 3.37. The minimum atomic E-state index is -0.0947. The largest absolute Gasteiger partial charge is 0.496 e. The molecule has 2 unspecified atom stereocenters. The number of benzene rings is 1. The van der Waals surface area contributed by atoms with Crippen LogP contribution in [-0.2, 0) is 0 Å². The minimum Gasteiger partial charge on any atom is -0.496 e. The van der Waals surface area contributed by atoms with Crippen molar-refractivity contribution in [1.82, 2.24) is 5.32 Å². The van der Waals surface area contributed by atoms with E-state index in [0.717, 1.165) is 6.42 Å². The maximum absolute atomic E-state index is 12.1. The standard InChI is InChI=1S/C14H20N2O2/c1-3-4-9-7-12(9)16-14(17)11-8-10(15)5-6-13(11)18-2/h5-6,8-9,12H,3-4,7,15H2,1-2H3,(H,16,17). The van der Waals surface area contributed by atoms with Gasteiger partial charge in [0.05, 0.1) is 12.7 Å². The van der Waals surface area contributed by atoms with Gasteiger partial charge in [0, 0.05) is 11.7 Å². The summed E-state index contributed by atoms with van der Waals surface area (Å²) in [6.07, 6.45) is 3.43. The Balaban J connectivity index is 2.03. The summed E-state index contributed by atoms with van der Waals surface area (Å²) in [6, 6.07) is 5.43. The number of hydrogen-bond acceptors (Lipinski definition) is 3. The van der Waals surface area contributed by atoms with Crippen LogP contribution in [0.4, 0.5) is 5.69 Å². The minimum absolute atomic E-state index is 0.0947. The van der Waals surface area contributed by atoms with Crippen molar-refractivity contribution in [2.75, 3.05) is 12.8 Å². The first-order valence-electron chi connectivity index (χ1n) is 6.40. The van der Waals surface area contributed by atoms with Crippen LogP contribution in [0, 0.1) is 5.92 Å². The average Bonchev–Trinajstić information content (AvgIpc) is 3.07. The highest BCUT2D eigenvalue weighted by Gasteiger charge is 2.37. The van der Waals surface area contributed by atoms with Crippen molar-refractivity contribution in [1.29, 1.82) is 0 Å². The first kappa shape index (κ1) is 12.7. The molecule has 0 spiro atoms. The number of carbonyl (C=O) groups excluding carboxylic acids is 1. The molecular weight excluding hydrogens is 228 g/mol. The second-order valence-electron chi connectivity index (χ2n) is 4.82. The summed E-state index contributed by atoms with van der Waals surface area (Å²) in [4.78, 5) is 12.1. The van der Waals surface area contributed by atoms with Gasteiger partial charge >= 0.3 is 0 Å². The number of anilines is 1. The highest BCUT2D eigenvalue weighted by molar-refractivity contribution is 5.98.